The van der Waals surface area contributed by atoms with Crippen molar-refractivity contribution in [3.8, 4) is 0 Å². The van der Waals surface area contributed by atoms with Gasteiger partial charge in [0.25, 0.3) is 0 Å². The van der Waals surface area contributed by atoms with Crippen LogP contribution in [0.15, 0.2) is 29.2 Å². The number of sulfonamides is 2. The van der Waals surface area contributed by atoms with Gasteiger partial charge >= 0.3 is 0 Å². The summed E-state index contributed by atoms with van der Waals surface area (Å²) < 4.78 is 52.0. The number of rotatable bonds is 5. The predicted octanol–water partition coefficient (Wildman–Crippen LogP) is 0.935. The summed E-state index contributed by atoms with van der Waals surface area (Å²) in [6.07, 6.45) is 0.448. The summed E-state index contributed by atoms with van der Waals surface area (Å²) in [6.45, 7) is 3.86. The highest BCUT2D eigenvalue weighted by Crippen LogP contribution is 2.19. The second-order valence-corrected chi connectivity index (χ2v) is 9.83. The number of hydrogen-bond acceptors (Lipinski definition) is 5. The van der Waals surface area contributed by atoms with Crippen molar-refractivity contribution in [3.05, 3.63) is 29.8 Å². The zero-order valence-corrected chi connectivity index (χ0v) is 15.4. The summed E-state index contributed by atoms with van der Waals surface area (Å²) >= 11 is 0. The lowest BCUT2D eigenvalue weighted by Gasteiger charge is -2.21. The quantitative estimate of drug-likeness (QED) is 0.715. The molecule has 0 aliphatic carbocycles. The first-order valence-electron chi connectivity index (χ1n) is 7.77. The third-order valence-corrected chi connectivity index (χ3v) is 7.87. The van der Waals surface area contributed by atoms with Gasteiger partial charge < -0.3 is 0 Å². The summed E-state index contributed by atoms with van der Waals surface area (Å²) in [5.74, 6) is -0.124. The lowest BCUT2D eigenvalue weighted by Crippen LogP contribution is -2.37. The van der Waals surface area contributed by atoms with Gasteiger partial charge in [0.05, 0.1) is 10.6 Å². The molecule has 0 radical (unpaired) electrons. The van der Waals surface area contributed by atoms with Crippen LogP contribution in [0.25, 0.3) is 0 Å². The van der Waals surface area contributed by atoms with Crippen LogP contribution in [0, 0.1) is 0 Å². The average Bonchev–Trinajstić information content (AvgIpc) is 2.82. The standard InChI is InChI=1S/C15H22N2O5S2/c1-3-23(19,20)16-9-4-10-17(12-11-16)24(21,22)15-7-5-14(6-8-15)13(2)18/h5-8H,3-4,9-12H2,1-2H3. The highest BCUT2D eigenvalue weighted by atomic mass is 32.2. The molecule has 24 heavy (non-hydrogen) atoms. The highest BCUT2D eigenvalue weighted by molar-refractivity contribution is 7.89. The zero-order chi connectivity index (χ0) is 18.0. The van der Waals surface area contributed by atoms with Gasteiger partial charge in [-0.15, -0.1) is 0 Å². The topological polar surface area (TPSA) is 91.8 Å². The van der Waals surface area contributed by atoms with E-state index in [-0.39, 0.29) is 36.1 Å². The maximum atomic E-state index is 12.7. The molecule has 1 aliphatic heterocycles. The van der Waals surface area contributed by atoms with Gasteiger partial charge in [0.1, 0.15) is 0 Å². The number of benzene rings is 1. The summed E-state index contributed by atoms with van der Waals surface area (Å²) in [4.78, 5) is 11.4. The summed E-state index contributed by atoms with van der Waals surface area (Å²) in [5.41, 5.74) is 0.449. The molecule has 1 aliphatic rings. The first-order valence-corrected chi connectivity index (χ1v) is 10.8. The number of carbonyl (C=O) groups excluding carboxylic acids is 1. The molecule has 0 amide bonds. The number of nitrogens with zero attached hydrogens (tertiary/aromatic N) is 2. The van der Waals surface area contributed by atoms with Gasteiger partial charge in [-0.05, 0) is 32.4 Å². The van der Waals surface area contributed by atoms with Crippen LogP contribution in [0.4, 0.5) is 0 Å². The van der Waals surface area contributed by atoms with E-state index in [4.69, 9.17) is 0 Å². The summed E-state index contributed by atoms with van der Waals surface area (Å²) in [6, 6.07) is 5.80. The normalized spacial score (nSPS) is 18.2. The Balaban J connectivity index is 2.19. The van der Waals surface area contributed by atoms with Gasteiger partial charge in [0, 0.05) is 31.7 Å². The summed E-state index contributed by atoms with van der Waals surface area (Å²) in [5, 5.41) is 0. The minimum atomic E-state index is -3.70. The second kappa shape index (κ2) is 7.30. The molecule has 2 rings (SSSR count). The molecule has 1 saturated heterocycles. The fourth-order valence-corrected chi connectivity index (χ4v) is 5.18. The Morgan fingerprint density at radius 3 is 2.04 bits per heavy atom. The van der Waals surface area contributed by atoms with E-state index in [1.807, 2.05) is 0 Å². The van der Waals surface area contributed by atoms with Gasteiger partial charge in [-0.1, -0.05) is 12.1 Å². The number of hydrogen-bond donors (Lipinski definition) is 0. The van der Waals surface area contributed by atoms with Gasteiger partial charge in [-0.25, -0.2) is 21.1 Å². The van der Waals surface area contributed by atoms with E-state index in [0.717, 1.165) is 0 Å². The van der Waals surface area contributed by atoms with Crippen molar-refractivity contribution < 1.29 is 21.6 Å². The van der Waals surface area contributed by atoms with Crippen molar-refractivity contribution in [2.45, 2.75) is 25.2 Å². The van der Waals surface area contributed by atoms with Crippen LogP contribution in [0.5, 0.6) is 0 Å². The molecule has 0 bridgehead atoms. The monoisotopic (exact) mass is 374 g/mol. The number of Topliss-reactive ketones (excluding diaryl/α,β-unsaturated/α-hetero) is 1. The van der Waals surface area contributed by atoms with E-state index >= 15 is 0 Å². The van der Waals surface area contributed by atoms with Crippen molar-refractivity contribution in [2.24, 2.45) is 0 Å². The minimum absolute atomic E-state index is 0.00621. The fraction of sp³-hybridized carbons (Fsp3) is 0.533. The highest BCUT2D eigenvalue weighted by Gasteiger charge is 2.30. The Morgan fingerprint density at radius 2 is 1.50 bits per heavy atom. The lowest BCUT2D eigenvalue weighted by atomic mass is 10.2. The van der Waals surface area contributed by atoms with Crippen molar-refractivity contribution in [1.82, 2.24) is 8.61 Å². The Hall–Kier alpha value is -1.29. The van der Waals surface area contributed by atoms with Gasteiger partial charge in [0.15, 0.2) is 5.78 Å². The molecule has 0 N–H and O–H groups in total. The van der Waals surface area contributed by atoms with E-state index in [9.17, 15) is 21.6 Å². The van der Waals surface area contributed by atoms with Crippen LogP contribution in [-0.2, 0) is 20.0 Å². The van der Waals surface area contributed by atoms with Crippen LogP contribution < -0.4 is 0 Å². The Labute approximate surface area is 143 Å². The van der Waals surface area contributed by atoms with Crippen molar-refractivity contribution in [3.63, 3.8) is 0 Å². The summed E-state index contributed by atoms with van der Waals surface area (Å²) in [7, 11) is -7.02. The molecule has 0 spiro atoms. The molecular formula is C15H22N2O5S2. The molecule has 134 valence electrons. The molecular weight excluding hydrogens is 352 g/mol. The predicted molar refractivity (Wildman–Crippen MR) is 90.9 cm³/mol. The van der Waals surface area contributed by atoms with Crippen molar-refractivity contribution in [2.75, 3.05) is 31.9 Å². The van der Waals surface area contributed by atoms with E-state index < -0.39 is 20.0 Å². The van der Waals surface area contributed by atoms with Crippen LogP contribution in [0.1, 0.15) is 30.6 Å². The van der Waals surface area contributed by atoms with E-state index in [1.54, 1.807) is 6.92 Å². The van der Waals surface area contributed by atoms with E-state index in [1.165, 1.54) is 39.8 Å². The van der Waals surface area contributed by atoms with Gasteiger partial charge in [0.2, 0.25) is 20.0 Å². The molecule has 1 aromatic rings. The van der Waals surface area contributed by atoms with Crippen molar-refractivity contribution >= 4 is 25.8 Å². The third kappa shape index (κ3) is 4.02. The van der Waals surface area contributed by atoms with Crippen LogP contribution in [0.2, 0.25) is 0 Å². The molecule has 0 atom stereocenters. The smallest absolute Gasteiger partial charge is 0.243 e. The lowest BCUT2D eigenvalue weighted by molar-refractivity contribution is 0.101. The first kappa shape index (κ1) is 19.0. The molecule has 9 heteroatoms. The molecule has 0 aromatic heterocycles. The second-order valence-electron chi connectivity index (χ2n) is 5.64. The van der Waals surface area contributed by atoms with Gasteiger partial charge in [-0.3, -0.25) is 4.79 Å². The fourth-order valence-electron chi connectivity index (χ4n) is 2.58. The Kier molecular flexibility index (Phi) is 5.79. The number of ketones is 1. The Bertz CT molecular complexity index is 801. The largest absolute Gasteiger partial charge is 0.295 e. The van der Waals surface area contributed by atoms with Crippen LogP contribution in [-0.4, -0.2) is 63.2 Å². The SMILES string of the molecule is CCS(=O)(=O)N1CCCN(S(=O)(=O)c2ccc(C(C)=O)cc2)CC1. The van der Waals surface area contributed by atoms with Crippen molar-refractivity contribution in [1.29, 1.82) is 0 Å². The van der Waals surface area contributed by atoms with Crippen LogP contribution >= 0.6 is 0 Å². The van der Waals surface area contributed by atoms with E-state index in [2.05, 4.69) is 0 Å². The van der Waals surface area contributed by atoms with E-state index in [0.29, 0.717) is 18.5 Å². The molecule has 1 fully saturated rings. The molecule has 1 heterocycles. The maximum Gasteiger partial charge on any atom is 0.243 e. The molecule has 1 aromatic carbocycles. The molecule has 7 nitrogen and oxygen atoms in total. The van der Waals surface area contributed by atoms with Crippen LogP contribution in [0.3, 0.4) is 0 Å². The first-order chi connectivity index (χ1) is 11.2. The molecule has 0 saturated carbocycles. The van der Waals surface area contributed by atoms with Gasteiger partial charge in [-0.2, -0.15) is 4.31 Å². The number of carbonyl (C=O) groups is 1. The minimum Gasteiger partial charge on any atom is -0.295 e. The maximum absolute atomic E-state index is 12.7. The average molecular weight is 374 g/mol. The zero-order valence-electron chi connectivity index (χ0n) is 13.8. The Morgan fingerprint density at radius 1 is 0.958 bits per heavy atom. The third-order valence-electron chi connectivity index (χ3n) is 4.07. The molecule has 0 unspecified atom stereocenters.